The summed E-state index contributed by atoms with van der Waals surface area (Å²) >= 11 is 3.39. The molecule has 0 spiro atoms. The molecule has 0 aromatic heterocycles. The number of rotatable bonds is 4. The van der Waals surface area contributed by atoms with Crippen LogP contribution in [0.4, 0.5) is 11.4 Å². The normalized spacial score (nSPS) is 11.4. The van der Waals surface area contributed by atoms with Crippen molar-refractivity contribution in [2.75, 3.05) is 10.5 Å². The number of nitrogen functional groups attached to an aromatic ring is 1. The summed E-state index contributed by atoms with van der Waals surface area (Å²) < 4.78 is 28.3. The molecule has 21 heavy (non-hydrogen) atoms. The molecule has 0 aliphatic rings. The van der Waals surface area contributed by atoms with Crippen molar-refractivity contribution >= 4 is 37.3 Å². The number of halogens is 1. The summed E-state index contributed by atoms with van der Waals surface area (Å²) in [6.45, 7) is 3.82. The lowest BCUT2D eigenvalue weighted by molar-refractivity contribution is 0.601. The summed E-state index contributed by atoms with van der Waals surface area (Å²) in [5.41, 5.74) is 8.68. The quantitative estimate of drug-likeness (QED) is 0.808. The monoisotopic (exact) mass is 368 g/mol. The first-order chi connectivity index (χ1) is 9.85. The lowest BCUT2D eigenvalue weighted by atomic mass is 10.1. The summed E-state index contributed by atoms with van der Waals surface area (Å²) in [7, 11) is -3.65. The summed E-state index contributed by atoms with van der Waals surface area (Å²) in [5, 5.41) is 0. The molecule has 0 unspecified atom stereocenters. The number of nitrogens with one attached hydrogen (secondary N) is 1. The van der Waals surface area contributed by atoms with Gasteiger partial charge in [0.05, 0.1) is 10.6 Å². The van der Waals surface area contributed by atoms with Gasteiger partial charge in [0.25, 0.3) is 10.0 Å². The predicted octanol–water partition coefficient (Wildman–Crippen LogP) is 3.70. The Labute approximate surface area is 133 Å². The largest absolute Gasteiger partial charge is 0.398 e. The molecule has 2 rings (SSSR count). The van der Waals surface area contributed by atoms with Crippen LogP contribution in [-0.2, 0) is 16.4 Å². The molecule has 3 N–H and O–H groups in total. The summed E-state index contributed by atoms with van der Waals surface area (Å²) in [4.78, 5) is 0.163. The van der Waals surface area contributed by atoms with E-state index in [1.54, 1.807) is 24.3 Å². The molecule has 0 atom stereocenters. The van der Waals surface area contributed by atoms with E-state index in [0.717, 1.165) is 22.0 Å². The molecule has 6 heteroatoms. The molecular weight excluding hydrogens is 352 g/mol. The van der Waals surface area contributed by atoms with Crippen LogP contribution in [0.5, 0.6) is 0 Å². The van der Waals surface area contributed by atoms with Gasteiger partial charge in [-0.3, -0.25) is 4.72 Å². The number of benzene rings is 2. The second-order valence-electron chi connectivity index (χ2n) is 4.73. The third-order valence-corrected chi connectivity index (χ3v) is 5.54. The average Bonchev–Trinajstić information content (AvgIpc) is 2.43. The van der Waals surface area contributed by atoms with Gasteiger partial charge in [-0.1, -0.05) is 35.0 Å². The zero-order valence-corrected chi connectivity index (χ0v) is 14.3. The fourth-order valence-electron chi connectivity index (χ4n) is 1.98. The van der Waals surface area contributed by atoms with Crippen molar-refractivity contribution < 1.29 is 8.42 Å². The molecule has 0 saturated carbocycles. The number of sulfonamides is 1. The molecule has 0 bridgehead atoms. The fraction of sp³-hybridized carbons (Fsp3) is 0.200. The Morgan fingerprint density at radius 3 is 2.57 bits per heavy atom. The number of hydrogen-bond donors (Lipinski definition) is 2. The fourth-order valence-corrected chi connectivity index (χ4v) is 3.51. The van der Waals surface area contributed by atoms with E-state index in [2.05, 4.69) is 20.7 Å². The van der Waals surface area contributed by atoms with Crippen LogP contribution in [0.25, 0.3) is 0 Å². The molecular formula is C15H17BrN2O2S. The maximum absolute atomic E-state index is 12.4. The minimum atomic E-state index is -3.65. The van der Waals surface area contributed by atoms with Crippen LogP contribution in [0.2, 0.25) is 0 Å². The van der Waals surface area contributed by atoms with Crippen LogP contribution in [0, 0.1) is 6.92 Å². The van der Waals surface area contributed by atoms with E-state index in [0.29, 0.717) is 11.4 Å². The van der Waals surface area contributed by atoms with Gasteiger partial charge in [0, 0.05) is 10.2 Å². The van der Waals surface area contributed by atoms with E-state index >= 15 is 0 Å². The van der Waals surface area contributed by atoms with E-state index in [4.69, 9.17) is 5.73 Å². The van der Waals surface area contributed by atoms with Gasteiger partial charge in [-0.05, 0) is 48.7 Å². The van der Waals surface area contributed by atoms with Crippen molar-refractivity contribution in [2.45, 2.75) is 25.2 Å². The average molecular weight is 369 g/mol. The van der Waals surface area contributed by atoms with Crippen LogP contribution in [0.1, 0.15) is 18.1 Å². The molecule has 112 valence electrons. The number of anilines is 2. The van der Waals surface area contributed by atoms with Crippen LogP contribution in [0.15, 0.2) is 45.8 Å². The van der Waals surface area contributed by atoms with Gasteiger partial charge in [0.1, 0.15) is 0 Å². The lowest BCUT2D eigenvalue weighted by Crippen LogP contribution is -2.14. The van der Waals surface area contributed by atoms with Crippen LogP contribution in [0.3, 0.4) is 0 Å². The Morgan fingerprint density at radius 2 is 1.95 bits per heavy atom. The van der Waals surface area contributed by atoms with Crippen molar-refractivity contribution in [1.29, 1.82) is 0 Å². The highest BCUT2D eigenvalue weighted by Gasteiger charge is 2.16. The summed E-state index contributed by atoms with van der Waals surface area (Å²) in [6, 6.07) is 10.2. The Morgan fingerprint density at radius 1 is 1.24 bits per heavy atom. The van der Waals surface area contributed by atoms with Gasteiger partial charge in [-0.25, -0.2) is 8.42 Å². The molecule has 4 nitrogen and oxygen atoms in total. The second kappa shape index (κ2) is 6.07. The Balaban J connectivity index is 2.39. The molecule has 0 amide bonds. The summed E-state index contributed by atoms with van der Waals surface area (Å²) in [6.07, 6.45) is 0.768. The van der Waals surface area contributed by atoms with Gasteiger partial charge in [-0.2, -0.15) is 0 Å². The topological polar surface area (TPSA) is 72.2 Å². The smallest absolute Gasteiger partial charge is 0.261 e. The van der Waals surface area contributed by atoms with Crippen molar-refractivity contribution in [1.82, 2.24) is 0 Å². The number of aryl methyl sites for hydroxylation is 1. The molecule has 2 aromatic rings. The van der Waals surface area contributed by atoms with Crippen molar-refractivity contribution in [3.8, 4) is 0 Å². The van der Waals surface area contributed by atoms with Crippen molar-refractivity contribution in [3.05, 3.63) is 52.0 Å². The SMILES string of the molecule is CCc1ccc(S(=O)(=O)Nc2cccc(Br)c2C)cc1N. The van der Waals surface area contributed by atoms with E-state index < -0.39 is 10.0 Å². The summed E-state index contributed by atoms with van der Waals surface area (Å²) in [5.74, 6) is 0. The van der Waals surface area contributed by atoms with E-state index in [-0.39, 0.29) is 4.90 Å². The van der Waals surface area contributed by atoms with E-state index in [1.165, 1.54) is 6.07 Å². The number of hydrogen-bond acceptors (Lipinski definition) is 3. The van der Waals surface area contributed by atoms with Gasteiger partial charge < -0.3 is 5.73 Å². The van der Waals surface area contributed by atoms with Crippen molar-refractivity contribution in [2.24, 2.45) is 0 Å². The minimum Gasteiger partial charge on any atom is -0.398 e. The van der Waals surface area contributed by atoms with E-state index in [1.807, 2.05) is 19.9 Å². The first-order valence-corrected chi connectivity index (χ1v) is 8.79. The number of nitrogens with two attached hydrogens (primary N) is 1. The highest BCUT2D eigenvalue weighted by atomic mass is 79.9. The van der Waals surface area contributed by atoms with Crippen molar-refractivity contribution in [3.63, 3.8) is 0 Å². The highest BCUT2D eigenvalue weighted by Crippen LogP contribution is 2.26. The van der Waals surface area contributed by atoms with Gasteiger partial charge in [0.2, 0.25) is 0 Å². The molecule has 0 aliphatic carbocycles. The zero-order chi connectivity index (χ0) is 15.6. The Hall–Kier alpha value is -1.53. The first kappa shape index (κ1) is 15.9. The Bertz CT molecular complexity index is 773. The molecule has 2 aromatic carbocycles. The molecule has 0 saturated heterocycles. The highest BCUT2D eigenvalue weighted by molar-refractivity contribution is 9.10. The molecule has 0 radical (unpaired) electrons. The maximum Gasteiger partial charge on any atom is 0.261 e. The third kappa shape index (κ3) is 3.39. The predicted molar refractivity (Wildman–Crippen MR) is 89.9 cm³/mol. The standard InChI is InChI=1S/C15H17BrN2O2S/c1-3-11-7-8-12(9-14(11)17)21(19,20)18-15-6-4-5-13(16)10(15)2/h4-9,18H,3,17H2,1-2H3. The maximum atomic E-state index is 12.4. The zero-order valence-electron chi connectivity index (χ0n) is 11.9. The second-order valence-corrected chi connectivity index (χ2v) is 7.27. The van der Waals surface area contributed by atoms with Gasteiger partial charge >= 0.3 is 0 Å². The molecule has 0 heterocycles. The molecule has 0 aliphatic heterocycles. The minimum absolute atomic E-state index is 0.163. The third-order valence-electron chi connectivity index (χ3n) is 3.32. The Kier molecular flexibility index (Phi) is 4.58. The van der Waals surface area contributed by atoms with Crippen LogP contribution >= 0.6 is 15.9 Å². The first-order valence-electron chi connectivity index (χ1n) is 6.51. The van der Waals surface area contributed by atoms with Crippen LogP contribution in [-0.4, -0.2) is 8.42 Å². The van der Waals surface area contributed by atoms with Gasteiger partial charge in [-0.15, -0.1) is 0 Å². The molecule has 0 fully saturated rings. The van der Waals surface area contributed by atoms with E-state index in [9.17, 15) is 8.42 Å². The van der Waals surface area contributed by atoms with Crippen LogP contribution < -0.4 is 10.5 Å². The lowest BCUT2D eigenvalue weighted by Gasteiger charge is -2.12. The van der Waals surface area contributed by atoms with Gasteiger partial charge in [0.15, 0.2) is 0 Å².